The molecule has 0 spiro atoms. The van der Waals surface area contributed by atoms with Crippen LogP contribution in [-0.4, -0.2) is 65.9 Å². The maximum absolute atomic E-state index is 15.7. The lowest BCUT2D eigenvalue weighted by Crippen LogP contribution is -2.47. The summed E-state index contributed by atoms with van der Waals surface area (Å²) in [5, 5.41) is 4.04. The lowest BCUT2D eigenvalue weighted by atomic mass is 9.88. The van der Waals surface area contributed by atoms with Gasteiger partial charge in [0.25, 0.3) is 0 Å². The van der Waals surface area contributed by atoms with Gasteiger partial charge in [-0.05, 0) is 49.4 Å². The van der Waals surface area contributed by atoms with Crippen LogP contribution < -0.4 is 5.32 Å². The van der Waals surface area contributed by atoms with Crippen LogP contribution in [0.15, 0.2) is 36.4 Å². The first kappa shape index (κ1) is 26.9. The Balaban J connectivity index is 1.51. The van der Waals surface area contributed by atoms with Crippen LogP contribution in [0, 0.1) is 17.6 Å². The highest BCUT2D eigenvalue weighted by Crippen LogP contribution is 2.44. The Morgan fingerprint density at radius 1 is 1.05 bits per heavy atom. The van der Waals surface area contributed by atoms with Gasteiger partial charge in [0.1, 0.15) is 11.6 Å². The minimum atomic E-state index is -4.54. The van der Waals surface area contributed by atoms with Crippen LogP contribution in [-0.2, 0) is 6.42 Å². The summed E-state index contributed by atoms with van der Waals surface area (Å²) < 4.78 is 85.0. The quantitative estimate of drug-likeness (QED) is 0.340. The van der Waals surface area contributed by atoms with Crippen molar-refractivity contribution in [2.45, 2.75) is 51.0 Å². The summed E-state index contributed by atoms with van der Waals surface area (Å²) in [6.07, 6.45) is -3.79. The predicted octanol–water partition coefficient (Wildman–Crippen LogP) is 6.44. The monoisotopic (exact) mass is 538 g/mol. The average molecular weight is 539 g/mol. The molecule has 1 aromatic heterocycles. The molecular formula is C28H32F6N4. The number of likely N-dealkylation sites (tertiary alicyclic amines) is 1. The van der Waals surface area contributed by atoms with E-state index in [1.807, 2.05) is 25.1 Å². The van der Waals surface area contributed by atoms with E-state index < -0.39 is 48.7 Å². The molecule has 206 valence electrons. The van der Waals surface area contributed by atoms with E-state index >= 15 is 8.78 Å². The fourth-order valence-electron chi connectivity index (χ4n) is 6.14. The van der Waals surface area contributed by atoms with Crippen LogP contribution in [0.25, 0.3) is 10.9 Å². The molecule has 2 aliphatic rings. The third-order valence-electron chi connectivity index (χ3n) is 7.88. The smallest absolute Gasteiger partial charge is 0.381 e. The summed E-state index contributed by atoms with van der Waals surface area (Å²) in [5.41, 5.74) is 1.72. The van der Waals surface area contributed by atoms with E-state index in [0.29, 0.717) is 31.6 Å². The highest BCUT2D eigenvalue weighted by molar-refractivity contribution is 5.85. The number of hydrogen-bond acceptors (Lipinski definition) is 3. The number of aromatic nitrogens is 1. The molecule has 1 fully saturated rings. The Bertz CT molecular complexity index is 1270. The van der Waals surface area contributed by atoms with Crippen molar-refractivity contribution in [2.75, 3.05) is 38.2 Å². The number of para-hydroxylation sites is 1. The summed E-state index contributed by atoms with van der Waals surface area (Å²) in [4.78, 5) is 6.41. The zero-order chi connectivity index (χ0) is 27.2. The minimum absolute atomic E-state index is 0.0870. The Kier molecular flexibility index (Phi) is 7.39. The van der Waals surface area contributed by atoms with Gasteiger partial charge in [-0.15, -0.1) is 0 Å². The van der Waals surface area contributed by atoms with Crippen LogP contribution in [0.1, 0.15) is 43.1 Å². The molecular weight excluding hydrogens is 506 g/mol. The number of anilines is 1. The number of aromatic amines is 1. The summed E-state index contributed by atoms with van der Waals surface area (Å²) in [7, 11) is 0. The Hall–Kier alpha value is -2.72. The van der Waals surface area contributed by atoms with E-state index in [1.54, 1.807) is 13.0 Å². The van der Waals surface area contributed by atoms with Gasteiger partial charge in [-0.1, -0.05) is 25.1 Å². The van der Waals surface area contributed by atoms with Crippen molar-refractivity contribution < 1.29 is 26.3 Å². The van der Waals surface area contributed by atoms with Gasteiger partial charge in [-0.3, -0.25) is 9.29 Å². The lowest BCUT2D eigenvalue weighted by Gasteiger charge is -2.41. The molecule has 4 atom stereocenters. The number of fused-ring (bicyclic) bond motifs is 3. The first-order valence-corrected chi connectivity index (χ1v) is 13.0. The summed E-state index contributed by atoms with van der Waals surface area (Å²) in [6.45, 7) is 3.96. The van der Waals surface area contributed by atoms with Gasteiger partial charge in [-0.25, -0.2) is 8.78 Å². The minimum Gasteiger partial charge on any atom is -0.381 e. The molecule has 0 saturated carbocycles. The Morgan fingerprint density at radius 3 is 2.45 bits per heavy atom. The number of H-pyrrole nitrogens is 1. The van der Waals surface area contributed by atoms with Gasteiger partial charge in [0.2, 0.25) is 0 Å². The van der Waals surface area contributed by atoms with Crippen LogP contribution in [0.3, 0.4) is 0 Å². The maximum atomic E-state index is 15.7. The van der Waals surface area contributed by atoms with E-state index in [2.05, 4.69) is 15.2 Å². The SMILES string of the molecule is C[C@@H]1CN(CCCF)C[C@H]1Nc1cc(F)c([C@H]2c3[nH]c4ccccc4c3C[C@@H](C)N2CC(F)(F)F)c(F)c1. The van der Waals surface area contributed by atoms with Crippen molar-refractivity contribution in [1.29, 1.82) is 0 Å². The third kappa shape index (κ3) is 5.25. The van der Waals surface area contributed by atoms with Gasteiger partial charge in [0.05, 0.1) is 19.3 Å². The first-order valence-electron chi connectivity index (χ1n) is 13.0. The lowest BCUT2D eigenvalue weighted by molar-refractivity contribution is -0.155. The number of benzene rings is 2. The van der Waals surface area contributed by atoms with Crippen molar-refractivity contribution in [3.05, 3.63) is 64.9 Å². The molecule has 4 nitrogen and oxygen atoms in total. The molecule has 10 heteroatoms. The molecule has 5 rings (SSSR count). The number of nitrogens with zero attached hydrogens (tertiary/aromatic N) is 2. The zero-order valence-electron chi connectivity index (χ0n) is 21.4. The van der Waals surface area contributed by atoms with Crippen molar-refractivity contribution >= 4 is 16.6 Å². The fraction of sp³-hybridized carbons (Fsp3) is 0.500. The topological polar surface area (TPSA) is 34.3 Å². The molecule has 2 N–H and O–H groups in total. The largest absolute Gasteiger partial charge is 0.401 e. The molecule has 38 heavy (non-hydrogen) atoms. The molecule has 2 aromatic carbocycles. The highest BCUT2D eigenvalue weighted by Gasteiger charge is 2.44. The van der Waals surface area contributed by atoms with Crippen molar-refractivity contribution in [3.8, 4) is 0 Å². The van der Waals surface area contributed by atoms with E-state index in [9.17, 15) is 17.6 Å². The number of alkyl halides is 4. The number of hydrogen-bond donors (Lipinski definition) is 2. The number of halogens is 6. The van der Waals surface area contributed by atoms with E-state index in [1.165, 1.54) is 12.1 Å². The first-order chi connectivity index (χ1) is 18.1. The van der Waals surface area contributed by atoms with Crippen LogP contribution in [0.4, 0.5) is 32.0 Å². The molecule has 0 aliphatic carbocycles. The second kappa shape index (κ2) is 10.4. The molecule has 0 amide bonds. The van der Waals surface area contributed by atoms with Gasteiger partial charge in [-0.2, -0.15) is 13.2 Å². The Labute approximate surface area is 218 Å². The molecule has 0 bridgehead atoms. The van der Waals surface area contributed by atoms with E-state index in [4.69, 9.17) is 0 Å². The second-order valence-electron chi connectivity index (χ2n) is 10.7. The van der Waals surface area contributed by atoms with Crippen LogP contribution in [0.2, 0.25) is 0 Å². The molecule has 3 aromatic rings. The molecule has 3 heterocycles. The molecule has 2 aliphatic heterocycles. The molecule has 0 unspecified atom stereocenters. The second-order valence-corrected chi connectivity index (χ2v) is 10.7. The normalized spacial score (nSPS) is 24.7. The standard InChI is InChI=1S/C28H32F6N4/c1-16-13-37(9-5-8-29)14-24(16)35-18-11-21(30)25(22(31)12-18)27-26-20(19-6-3-4-7-23(19)36-26)10-17(2)38(27)15-28(32,33)34/h3-4,6-7,11-12,16-17,24,27,35-36H,5,8-10,13-15H2,1-2H3/t16-,17-,24-,27+/m1/s1. The van der Waals surface area contributed by atoms with E-state index in [0.717, 1.165) is 27.9 Å². The Morgan fingerprint density at radius 2 is 1.76 bits per heavy atom. The summed E-state index contributed by atoms with van der Waals surface area (Å²) in [5.74, 6) is -1.62. The number of rotatable bonds is 7. The van der Waals surface area contributed by atoms with Crippen molar-refractivity contribution in [1.82, 2.24) is 14.8 Å². The van der Waals surface area contributed by atoms with Gasteiger partial charge in [0, 0.05) is 59.6 Å². The van der Waals surface area contributed by atoms with Gasteiger partial charge in [0.15, 0.2) is 0 Å². The predicted molar refractivity (Wildman–Crippen MR) is 136 cm³/mol. The van der Waals surface area contributed by atoms with Crippen LogP contribution >= 0.6 is 0 Å². The van der Waals surface area contributed by atoms with Gasteiger partial charge < -0.3 is 15.2 Å². The van der Waals surface area contributed by atoms with Crippen LogP contribution in [0.5, 0.6) is 0 Å². The molecule has 1 saturated heterocycles. The van der Waals surface area contributed by atoms with E-state index in [-0.39, 0.29) is 17.6 Å². The van der Waals surface area contributed by atoms with Gasteiger partial charge >= 0.3 is 6.18 Å². The number of nitrogens with one attached hydrogen (secondary N) is 2. The fourth-order valence-corrected chi connectivity index (χ4v) is 6.14. The third-order valence-corrected chi connectivity index (χ3v) is 7.88. The summed E-state index contributed by atoms with van der Waals surface area (Å²) in [6, 6.07) is 7.71. The van der Waals surface area contributed by atoms with Crippen molar-refractivity contribution in [2.24, 2.45) is 5.92 Å². The highest BCUT2D eigenvalue weighted by atomic mass is 19.4. The van der Waals surface area contributed by atoms with Crippen molar-refractivity contribution in [3.63, 3.8) is 0 Å². The maximum Gasteiger partial charge on any atom is 0.401 e. The molecule has 0 radical (unpaired) electrons. The summed E-state index contributed by atoms with van der Waals surface area (Å²) >= 11 is 0. The zero-order valence-corrected chi connectivity index (χ0v) is 21.4. The average Bonchev–Trinajstić information content (AvgIpc) is 3.38.